The van der Waals surface area contributed by atoms with E-state index < -0.39 is 5.54 Å². The van der Waals surface area contributed by atoms with Crippen LogP contribution in [0.15, 0.2) is 4.99 Å². The number of hydrogen-bond acceptors (Lipinski definition) is 4. The van der Waals surface area contributed by atoms with Crippen LogP contribution in [0.5, 0.6) is 0 Å². The molecule has 3 fully saturated rings. The molecular formula is C18H28N4O2. The van der Waals surface area contributed by atoms with Crippen LogP contribution in [0, 0.1) is 17.8 Å². The van der Waals surface area contributed by atoms with Crippen LogP contribution in [0.25, 0.3) is 0 Å². The third-order valence-electron chi connectivity index (χ3n) is 6.39. The second-order valence-corrected chi connectivity index (χ2v) is 8.33. The van der Waals surface area contributed by atoms with Crippen LogP contribution in [-0.4, -0.2) is 78.2 Å². The SMILES string of the molecule is CC1=N[C@]2(CC[C@H]3CN(CC(=O)N(C)C)C[C@H]32)C(=O)N1CC1CC1. The fraction of sp³-hybridized carbons (Fsp3) is 0.833. The summed E-state index contributed by atoms with van der Waals surface area (Å²) in [5.74, 6) is 2.75. The quantitative estimate of drug-likeness (QED) is 0.766. The number of nitrogens with zero attached hydrogens (tertiary/aromatic N) is 4. The lowest BCUT2D eigenvalue weighted by atomic mass is 9.85. The molecule has 1 spiro atoms. The number of hydrogen-bond donors (Lipinski definition) is 0. The van der Waals surface area contributed by atoms with Crippen molar-refractivity contribution < 1.29 is 9.59 Å². The van der Waals surface area contributed by atoms with Crippen molar-refractivity contribution in [1.29, 1.82) is 0 Å². The zero-order chi connectivity index (χ0) is 17.1. The van der Waals surface area contributed by atoms with Crippen molar-refractivity contribution >= 4 is 17.6 Å². The van der Waals surface area contributed by atoms with Crippen LogP contribution in [-0.2, 0) is 9.59 Å². The highest BCUT2D eigenvalue weighted by Gasteiger charge is 2.60. The minimum absolute atomic E-state index is 0.136. The van der Waals surface area contributed by atoms with Gasteiger partial charge in [-0.3, -0.25) is 24.4 Å². The third-order valence-corrected chi connectivity index (χ3v) is 6.39. The minimum Gasteiger partial charge on any atom is -0.348 e. The van der Waals surface area contributed by atoms with Gasteiger partial charge in [0.25, 0.3) is 5.91 Å². The first-order valence-electron chi connectivity index (χ1n) is 9.21. The monoisotopic (exact) mass is 332 g/mol. The molecule has 24 heavy (non-hydrogen) atoms. The predicted octanol–water partition coefficient (Wildman–Crippen LogP) is 0.826. The molecule has 2 heterocycles. The molecule has 0 unspecified atom stereocenters. The molecule has 3 atom stereocenters. The summed E-state index contributed by atoms with van der Waals surface area (Å²) in [6.45, 7) is 5.06. The number of fused-ring (bicyclic) bond motifs is 2. The van der Waals surface area contributed by atoms with Crippen molar-refractivity contribution in [2.75, 3.05) is 40.3 Å². The van der Waals surface area contributed by atoms with Gasteiger partial charge in [-0.15, -0.1) is 0 Å². The van der Waals surface area contributed by atoms with Gasteiger partial charge < -0.3 is 4.90 Å². The second-order valence-electron chi connectivity index (χ2n) is 8.33. The number of amidine groups is 1. The Morgan fingerprint density at radius 2 is 2.04 bits per heavy atom. The Kier molecular flexibility index (Phi) is 3.71. The van der Waals surface area contributed by atoms with Gasteiger partial charge in [0.05, 0.1) is 6.54 Å². The first kappa shape index (κ1) is 16.1. The fourth-order valence-electron chi connectivity index (χ4n) is 4.80. The van der Waals surface area contributed by atoms with E-state index in [0.29, 0.717) is 18.4 Å². The molecule has 2 amide bonds. The van der Waals surface area contributed by atoms with Gasteiger partial charge in [-0.05, 0) is 44.4 Å². The first-order valence-corrected chi connectivity index (χ1v) is 9.21. The maximum absolute atomic E-state index is 13.2. The summed E-state index contributed by atoms with van der Waals surface area (Å²) >= 11 is 0. The number of likely N-dealkylation sites (N-methyl/N-ethyl adjacent to an activating group) is 1. The van der Waals surface area contributed by atoms with Crippen LogP contribution in [0.1, 0.15) is 32.6 Å². The molecule has 132 valence electrons. The van der Waals surface area contributed by atoms with E-state index in [4.69, 9.17) is 4.99 Å². The minimum atomic E-state index is -0.528. The van der Waals surface area contributed by atoms with Crippen molar-refractivity contribution in [1.82, 2.24) is 14.7 Å². The molecule has 4 aliphatic rings. The highest BCUT2D eigenvalue weighted by molar-refractivity contribution is 6.07. The van der Waals surface area contributed by atoms with Gasteiger partial charge in [0, 0.05) is 39.6 Å². The van der Waals surface area contributed by atoms with Gasteiger partial charge in [-0.1, -0.05) is 0 Å². The summed E-state index contributed by atoms with van der Waals surface area (Å²) in [7, 11) is 3.59. The molecule has 0 aromatic carbocycles. The Balaban J connectivity index is 1.49. The van der Waals surface area contributed by atoms with Gasteiger partial charge in [0.2, 0.25) is 5.91 Å². The largest absolute Gasteiger partial charge is 0.348 e. The number of amides is 2. The third kappa shape index (κ3) is 2.46. The molecule has 1 saturated heterocycles. The lowest BCUT2D eigenvalue weighted by Gasteiger charge is -2.28. The van der Waals surface area contributed by atoms with Crippen molar-refractivity contribution in [3.05, 3.63) is 0 Å². The van der Waals surface area contributed by atoms with E-state index in [1.54, 1.807) is 19.0 Å². The number of aliphatic imine (C=N–C) groups is 1. The Labute approximate surface area is 143 Å². The summed E-state index contributed by atoms with van der Waals surface area (Å²) in [5, 5.41) is 0. The normalized spacial score (nSPS) is 35.7. The average Bonchev–Trinajstić information content (AvgIpc) is 3.10. The molecule has 0 aromatic heterocycles. The van der Waals surface area contributed by atoms with E-state index in [0.717, 1.165) is 38.3 Å². The van der Waals surface area contributed by atoms with Crippen LogP contribution in [0.2, 0.25) is 0 Å². The first-order chi connectivity index (χ1) is 11.4. The smallest absolute Gasteiger partial charge is 0.256 e. The van der Waals surface area contributed by atoms with Crippen LogP contribution < -0.4 is 0 Å². The van der Waals surface area contributed by atoms with E-state index in [-0.39, 0.29) is 17.7 Å². The zero-order valence-corrected chi connectivity index (χ0v) is 15.0. The van der Waals surface area contributed by atoms with Crippen LogP contribution in [0.3, 0.4) is 0 Å². The van der Waals surface area contributed by atoms with E-state index >= 15 is 0 Å². The molecule has 4 rings (SSSR count). The Hall–Kier alpha value is -1.43. The molecule has 6 heteroatoms. The van der Waals surface area contributed by atoms with Crippen molar-refractivity contribution in [2.24, 2.45) is 22.7 Å². The van der Waals surface area contributed by atoms with Crippen molar-refractivity contribution in [3.63, 3.8) is 0 Å². The van der Waals surface area contributed by atoms with Crippen LogP contribution >= 0.6 is 0 Å². The summed E-state index contributed by atoms with van der Waals surface area (Å²) in [6.07, 6.45) is 4.43. The van der Waals surface area contributed by atoms with Gasteiger partial charge in [-0.25, -0.2) is 0 Å². The molecule has 6 nitrogen and oxygen atoms in total. The standard InChI is InChI=1S/C18H28N4O2/c1-12-19-18(17(24)22(12)8-13-4-5-13)7-6-14-9-21(10-15(14)18)11-16(23)20(2)3/h13-15H,4-11H2,1-3H3/t14-,15+,18-/m0/s1. The Bertz CT molecular complexity index is 598. The van der Waals surface area contributed by atoms with Gasteiger partial charge >= 0.3 is 0 Å². The highest BCUT2D eigenvalue weighted by Crippen LogP contribution is 2.50. The molecule has 0 radical (unpaired) electrons. The number of likely N-dealkylation sites (tertiary alicyclic amines) is 1. The molecule has 0 aromatic rings. The molecule has 0 bridgehead atoms. The lowest BCUT2D eigenvalue weighted by molar-refractivity contribution is -0.132. The second kappa shape index (κ2) is 5.55. The van der Waals surface area contributed by atoms with E-state index in [1.165, 1.54) is 12.8 Å². The summed E-state index contributed by atoms with van der Waals surface area (Å²) in [6, 6.07) is 0. The molecular weight excluding hydrogens is 304 g/mol. The van der Waals surface area contributed by atoms with E-state index in [9.17, 15) is 9.59 Å². The lowest BCUT2D eigenvalue weighted by Crippen LogP contribution is -2.47. The predicted molar refractivity (Wildman–Crippen MR) is 91.6 cm³/mol. The maximum atomic E-state index is 13.2. The van der Waals surface area contributed by atoms with Gasteiger partial charge in [0.15, 0.2) is 0 Å². The van der Waals surface area contributed by atoms with Gasteiger partial charge in [0.1, 0.15) is 11.4 Å². The Morgan fingerprint density at radius 3 is 2.71 bits per heavy atom. The van der Waals surface area contributed by atoms with E-state index in [2.05, 4.69) is 4.90 Å². The molecule has 2 aliphatic carbocycles. The van der Waals surface area contributed by atoms with E-state index in [1.807, 2.05) is 11.8 Å². The number of carbonyl (C=O) groups excluding carboxylic acids is 2. The topological polar surface area (TPSA) is 56.2 Å². The average molecular weight is 332 g/mol. The summed E-state index contributed by atoms with van der Waals surface area (Å²) < 4.78 is 0. The Morgan fingerprint density at radius 1 is 1.29 bits per heavy atom. The molecule has 2 aliphatic heterocycles. The fourth-order valence-corrected chi connectivity index (χ4v) is 4.80. The van der Waals surface area contributed by atoms with Crippen molar-refractivity contribution in [2.45, 2.75) is 38.1 Å². The summed E-state index contributed by atoms with van der Waals surface area (Å²) in [5.41, 5.74) is -0.528. The zero-order valence-electron chi connectivity index (χ0n) is 15.0. The number of rotatable bonds is 4. The molecule has 0 N–H and O–H groups in total. The molecule has 2 saturated carbocycles. The summed E-state index contributed by atoms with van der Waals surface area (Å²) in [4.78, 5) is 36.0. The number of carbonyl (C=O) groups is 2. The highest BCUT2D eigenvalue weighted by atomic mass is 16.2. The van der Waals surface area contributed by atoms with Crippen molar-refractivity contribution in [3.8, 4) is 0 Å². The maximum Gasteiger partial charge on any atom is 0.256 e. The van der Waals surface area contributed by atoms with Crippen LogP contribution in [0.4, 0.5) is 0 Å². The van der Waals surface area contributed by atoms with Gasteiger partial charge in [-0.2, -0.15) is 0 Å².